The van der Waals surface area contributed by atoms with Crippen LogP contribution in [0.5, 0.6) is 0 Å². The summed E-state index contributed by atoms with van der Waals surface area (Å²) < 4.78 is 24.4. The number of fused-ring (bicyclic) bond motifs is 1. The fourth-order valence-electron chi connectivity index (χ4n) is 3.75. The highest BCUT2D eigenvalue weighted by molar-refractivity contribution is 7.92. The van der Waals surface area contributed by atoms with Crippen LogP contribution in [0.2, 0.25) is 0 Å². The minimum atomic E-state index is -3.72. The third kappa shape index (κ3) is 5.26. The summed E-state index contributed by atoms with van der Waals surface area (Å²) in [5.74, 6) is 1.15. The van der Waals surface area contributed by atoms with Gasteiger partial charge in [0.25, 0.3) is 0 Å². The number of hydrogen-bond acceptors (Lipinski definition) is 6. The number of nitrogens with one attached hydrogen (secondary N) is 1. The van der Waals surface area contributed by atoms with Gasteiger partial charge in [-0.05, 0) is 41.5 Å². The van der Waals surface area contributed by atoms with Gasteiger partial charge < -0.3 is 5.32 Å². The predicted octanol–water partition coefficient (Wildman–Crippen LogP) is 4.33. The molecule has 0 atom stereocenters. The zero-order valence-electron chi connectivity index (χ0n) is 18.6. The first-order valence-corrected chi connectivity index (χ1v) is 12.5. The van der Waals surface area contributed by atoms with Crippen LogP contribution < -0.4 is 10.5 Å². The van der Waals surface area contributed by atoms with E-state index in [9.17, 15) is 8.42 Å². The Kier molecular flexibility index (Phi) is 6.09. The molecule has 174 valence electrons. The lowest BCUT2D eigenvalue weighted by molar-refractivity contribution is 0.606. The summed E-state index contributed by atoms with van der Waals surface area (Å²) in [7, 11) is -3.72. The zero-order valence-corrected chi connectivity index (χ0v) is 19.4. The van der Waals surface area contributed by atoms with Crippen molar-refractivity contribution in [1.29, 1.82) is 0 Å². The van der Waals surface area contributed by atoms with Gasteiger partial charge in [0.15, 0.2) is 11.6 Å². The molecule has 0 amide bonds. The third-order valence-electron chi connectivity index (χ3n) is 5.35. The molecular formula is C26H22N6O2S. The minimum absolute atomic E-state index is 0.488. The molecule has 0 unspecified atom stereocenters. The molecule has 35 heavy (non-hydrogen) atoms. The number of anilines is 1. The van der Waals surface area contributed by atoms with Gasteiger partial charge in [0, 0.05) is 28.9 Å². The summed E-state index contributed by atoms with van der Waals surface area (Å²) in [6.45, 7) is 0.490. The van der Waals surface area contributed by atoms with E-state index >= 15 is 0 Å². The maximum absolute atomic E-state index is 11.3. The van der Waals surface area contributed by atoms with E-state index in [-0.39, 0.29) is 0 Å². The van der Waals surface area contributed by atoms with Crippen LogP contribution in [0, 0.1) is 0 Å². The number of pyridine rings is 1. The van der Waals surface area contributed by atoms with Gasteiger partial charge in [-0.3, -0.25) is 4.98 Å². The summed E-state index contributed by atoms with van der Waals surface area (Å²) >= 11 is 0. The largest absolute Gasteiger partial charge is 0.363 e. The maximum atomic E-state index is 11.3. The molecule has 5 aromatic rings. The van der Waals surface area contributed by atoms with Crippen molar-refractivity contribution in [1.82, 2.24) is 19.6 Å². The molecule has 3 N–H and O–H groups in total. The molecule has 3 heterocycles. The molecule has 0 aliphatic carbocycles. The molecule has 0 radical (unpaired) electrons. The van der Waals surface area contributed by atoms with Crippen molar-refractivity contribution in [2.24, 2.45) is 5.14 Å². The van der Waals surface area contributed by atoms with Crippen molar-refractivity contribution in [3.63, 3.8) is 0 Å². The highest BCUT2D eigenvalue weighted by atomic mass is 32.2. The first kappa shape index (κ1) is 22.5. The van der Waals surface area contributed by atoms with Crippen LogP contribution in [-0.4, -0.2) is 28.0 Å². The smallest absolute Gasteiger partial charge is 0.231 e. The molecule has 2 aromatic carbocycles. The van der Waals surface area contributed by atoms with Crippen LogP contribution in [0.1, 0.15) is 11.3 Å². The number of primary sulfonamides is 1. The van der Waals surface area contributed by atoms with Crippen LogP contribution in [0.3, 0.4) is 0 Å². The van der Waals surface area contributed by atoms with Crippen molar-refractivity contribution in [2.75, 3.05) is 5.32 Å². The Morgan fingerprint density at radius 1 is 0.943 bits per heavy atom. The van der Waals surface area contributed by atoms with Gasteiger partial charge in [0.1, 0.15) is 5.52 Å². The van der Waals surface area contributed by atoms with E-state index in [0.29, 0.717) is 23.8 Å². The lowest BCUT2D eigenvalue weighted by atomic mass is 10.1. The van der Waals surface area contributed by atoms with Gasteiger partial charge in [-0.25, -0.2) is 23.1 Å². The van der Waals surface area contributed by atoms with Gasteiger partial charge in [-0.15, -0.1) is 5.10 Å². The summed E-state index contributed by atoms with van der Waals surface area (Å²) in [6, 6.07) is 25.1. The topological polar surface area (TPSA) is 115 Å². The average molecular weight is 483 g/mol. The molecule has 9 heteroatoms. The fourth-order valence-corrected chi connectivity index (χ4v) is 4.10. The lowest BCUT2D eigenvalue weighted by Crippen LogP contribution is -2.08. The molecule has 0 saturated heterocycles. The van der Waals surface area contributed by atoms with Crippen molar-refractivity contribution in [2.45, 2.75) is 6.54 Å². The number of sulfonamides is 1. The van der Waals surface area contributed by atoms with Crippen LogP contribution in [-0.2, 0) is 16.6 Å². The quantitative estimate of drug-likeness (QED) is 0.357. The molecule has 8 nitrogen and oxygen atoms in total. The molecule has 0 aliphatic heterocycles. The van der Waals surface area contributed by atoms with Crippen LogP contribution in [0.25, 0.3) is 34.1 Å². The molecule has 5 rings (SSSR count). The van der Waals surface area contributed by atoms with Crippen LogP contribution >= 0.6 is 0 Å². The second-order valence-electron chi connectivity index (χ2n) is 7.86. The third-order valence-corrected chi connectivity index (χ3v) is 5.87. The monoisotopic (exact) mass is 482 g/mol. The SMILES string of the molecule is NS(=O)(=O)/C=C/c1cccc(-c2nc(NCc3ccccn3)c3c(-c4ccccc4)ccn3n2)c1. The second kappa shape index (κ2) is 9.49. The maximum Gasteiger partial charge on any atom is 0.231 e. The number of benzene rings is 2. The molecule has 0 fully saturated rings. The Labute approximate surface area is 202 Å². The number of rotatable bonds is 7. The van der Waals surface area contributed by atoms with E-state index in [1.807, 2.05) is 79.0 Å². The molecule has 3 aromatic heterocycles. The lowest BCUT2D eigenvalue weighted by Gasteiger charge is -2.12. The molecular weight excluding hydrogens is 460 g/mol. The van der Waals surface area contributed by atoms with Gasteiger partial charge >= 0.3 is 0 Å². The highest BCUT2D eigenvalue weighted by Gasteiger charge is 2.15. The first-order valence-electron chi connectivity index (χ1n) is 10.9. The Bertz CT molecular complexity index is 1610. The number of nitrogens with two attached hydrogens (primary N) is 1. The Morgan fingerprint density at radius 2 is 1.74 bits per heavy atom. The number of hydrogen-bond donors (Lipinski definition) is 2. The van der Waals surface area contributed by atoms with E-state index in [0.717, 1.165) is 33.3 Å². The van der Waals surface area contributed by atoms with E-state index < -0.39 is 10.0 Å². The minimum Gasteiger partial charge on any atom is -0.363 e. The van der Waals surface area contributed by atoms with Gasteiger partial charge in [-0.2, -0.15) is 0 Å². The predicted molar refractivity (Wildman–Crippen MR) is 138 cm³/mol. The van der Waals surface area contributed by atoms with Crippen LogP contribution in [0.4, 0.5) is 5.82 Å². The summed E-state index contributed by atoms with van der Waals surface area (Å²) in [5.41, 5.74) is 5.20. The van der Waals surface area contributed by atoms with E-state index in [1.165, 1.54) is 6.08 Å². The molecule has 0 aliphatic rings. The van der Waals surface area contributed by atoms with E-state index in [2.05, 4.69) is 10.3 Å². The summed E-state index contributed by atoms with van der Waals surface area (Å²) in [6.07, 6.45) is 5.10. The van der Waals surface area contributed by atoms with Gasteiger partial charge in [0.2, 0.25) is 10.0 Å². The Balaban J connectivity index is 1.60. The van der Waals surface area contributed by atoms with Crippen molar-refractivity contribution in [3.8, 4) is 22.5 Å². The second-order valence-corrected chi connectivity index (χ2v) is 9.31. The van der Waals surface area contributed by atoms with Crippen molar-refractivity contribution in [3.05, 3.63) is 108 Å². The summed E-state index contributed by atoms with van der Waals surface area (Å²) in [4.78, 5) is 9.25. The highest BCUT2D eigenvalue weighted by Crippen LogP contribution is 2.31. The standard InChI is InChI=1S/C26H22N6O2S/c27-35(33,34)16-13-19-7-6-10-21(17-19)25-30-26(29-18-22-11-4-5-14-28-22)24-23(12-15-32(24)31-25)20-8-2-1-3-9-20/h1-17H,18H2,(H2,27,33,34)(H,29,30,31)/b16-13+. The van der Waals surface area contributed by atoms with Crippen LogP contribution in [0.15, 0.2) is 96.7 Å². The normalized spacial score (nSPS) is 11.8. The first-order chi connectivity index (χ1) is 17.0. The van der Waals surface area contributed by atoms with Crippen molar-refractivity contribution >= 4 is 27.4 Å². The number of nitrogens with zero attached hydrogens (tertiary/aromatic N) is 4. The Hall–Kier alpha value is -4.34. The Morgan fingerprint density at radius 3 is 2.51 bits per heavy atom. The van der Waals surface area contributed by atoms with E-state index in [4.69, 9.17) is 15.2 Å². The summed E-state index contributed by atoms with van der Waals surface area (Å²) in [5, 5.41) is 14.2. The molecule has 0 spiro atoms. The fraction of sp³-hybridized carbons (Fsp3) is 0.0385. The molecule has 0 bridgehead atoms. The zero-order chi connectivity index (χ0) is 24.3. The molecule has 0 saturated carbocycles. The van der Waals surface area contributed by atoms with Crippen molar-refractivity contribution < 1.29 is 8.42 Å². The average Bonchev–Trinajstić information content (AvgIpc) is 3.31. The van der Waals surface area contributed by atoms with Gasteiger partial charge in [0.05, 0.1) is 12.2 Å². The van der Waals surface area contributed by atoms with E-state index in [1.54, 1.807) is 16.8 Å². The number of aromatic nitrogens is 4. The van der Waals surface area contributed by atoms with Gasteiger partial charge in [-0.1, -0.05) is 54.6 Å².